The highest BCUT2D eigenvalue weighted by atomic mass is 35.5. The number of carbonyl (C=O) groups is 2. The van der Waals surface area contributed by atoms with Gasteiger partial charge in [-0.05, 0) is 74.2 Å². The molecule has 0 aromatic heterocycles. The zero-order valence-corrected chi connectivity index (χ0v) is 29.5. The lowest BCUT2D eigenvalue weighted by Gasteiger charge is -2.34. The fourth-order valence-electron chi connectivity index (χ4n) is 5.25. The van der Waals surface area contributed by atoms with Gasteiger partial charge in [0.2, 0.25) is 11.8 Å². The molecule has 4 aromatic rings. The Morgan fingerprint density at radius 3 is 2.11 bits per heavy atom. The molecule has 0 saturated carbocycles. The van der Waals surface area contributed by atoms with Gasteiger partial charge in [-0.25, -0.2) is 8.42 Å². The summed E-state index contributed by atoms with van der Waals surface area (Å²) in [6.45, 7) is 7.34. The number of anilines is 1. The average Bonchev–Trinajstić information content (AvgIpc) is 3.04. The van der Waals surface area contributed by atoms with E-state index in [2.05, 4.69) is 5.32 Å². The van der Waals surface area contributed by atoms with Crippen molar-refractivity contribution in [2.45, 2.75) is 64.4 Å². The van der Waals surface area contributed by atoms with Crippen LogP contribution in [-0.2, 0) is 32.6 Å². The number of sulfonamides is 1. The lowest BCUT2D eigenvalue weighted by Crippen LogP contribution is -2.53. The van der Waals surface area contributed by atoms with Crippen LogP contribution in [0.3, 0.4) is 0 Å². The molecule has 10 heteroatoms. The van der Waals surface area contributed by atoms with Gasteiger partial charge in [0, 0.05) is 35.1 Å². The summed E-state index contributed by atoms with van der Waals surface area (Å²) in [6.07, 6.45) is 1.84. The molecule has 1 atom stereocenters. The van der Waals surface area contributed by atoms with Crippen LogP contribution in [0.15, 0.2) is 95.9 Å². The minimum atomic E-state index is -4.22. The van der Waals surface area contributed by atoms with Crippen LogP contribution in [0.5, 0.6) is 0 Å². The number of rotatable bonds is 14. The van der Waals surface area contributed by atoms with Crippen LogP contribution in [0.2, 0.25) is 10.0 Å². The summed E-state index contributed by atoms with van der Waals surface area (Å²) in [4.78, 5) is 30.1. The van der Waals surface area contributed by atoms with Crippen molar-refractivity contribution in [3.63, 3.8) is 0 Å². The number of carbonyl (C=O) groups excluding carboxylic acids is 2. The van der Waals surface area contributed by atoms with E-state index in [0.717, 1.165) is 33.8 Å². The first-order valence-electron chi connectivity index (χ1n) is 15.6. The monoisotopic (exact) mass is 693 g/mol. The van der Waals surface area contributed by atoms with Gasteiger partial charge in [-0.3, -0.25) is 13.9 Å². The Kier molecular flexibility index (Phi) is 12.5. The second-order valence-electron chi connectivity index (χ2n) is 11.7. The fraction of sp³-hybridized carbons (Fsp3) is 0.297. The highest BCUT2D eigenvalue weighted by molar-refractivity contribution is 7.92. The summed E-state index contributed by atoms with van der Waals surface area (Å²) in [5.41, 5.74) is 4.09. The maximum atomic E-state index is 14.7. The van der Waals surface area contributed by atoms with Crippen LogP contribution in [0.4, 0.5) is 5.69 Å². The first-order chi connectivity index (χ1) is 22.4. The summed E-state index contributed by atoms with van der Waals surface area (Å²) in [5, 5.41) is 3.65. The molecule has 0 saturated heterocycles. The fourth-order valence-corrected chi connectivity index (χ4v) is 7.24. The van der Waals surface area contributed by atoms with Crippen molar-refractivity contribution < 1.29 is 18.0 Å². The zero-order chi connectivity index (χ0) is 34.1. The van der Waals surface area contributed by atoms with E-state index in [0.29, 0.717) is 33.4 Å². The average molecular weight is 695 g/mol. The summed E-state index contributed by atoms with van der Waals surface area (Å²) in [7, 11) is -4.22. The minimum absolute atomic E-state index is 0.0515. The van der Waals surface area contributed by atoms with E-state index in [1.54, 1.807) is 43.3 Å². The quantitative estimate of drug-likeness (QED) is 0.137. The predicted molar refractivity (Wildman–Crippen MR) is 190 cm³/mol. The van der Waals surface area contributed by atoms with E-state index in [-0.39, 0.29) is 23.8 Å². The summed E-state index contributed by atoms with van der Waals surface area (Å²) in [6, 6.07) is 25.4. The van der Waals surface area contributed by atoms with E-state index in [1.165, 1.54) is 17.0 Å². The van der Waals surface area contributed by atoms with Crippen LogP contribution in [0.25, 0.3) is 0 Å². The standard InChI is InChI=1S/C37H41Cl2N3O4S/c1-5-6-21-40-37(44)35(23-29-11-8-7-9-12-29)41(24-31-32(38)13-10-14-33(31)39)36(43)25-42(34-22-27(3)15-18-28(34)4)47(45,46)30-19-16-26(2)17-20-30/h7-20,22,35H,5-6,21,23-25H2,1-4H3,(H,40,44). The third-order valence-corrected chi connectivity index (χ3v) is 10.5. The zero-order valence-electron chi connectivity index (χ0n) is 27.2. The van der Waals surface area contributed by atoms with Crippen molar-refractivity contribution in [3.8, 4) is 0 Å². The van der Waals surface area contributed by atoms with E-state index < -0.39 is 28.5 Å². The highest BCUT2D eigenvalue weighted by Crippen LogP contribution is 2.31. The molecule has 47 heavy (non-hydrogen) atoms. The maximum absolute atomic E-state index is 14.7. The first-order valence-corrected chi connectivity index (χ1v) is 17.8. The number of hydrogen-bond acceptors (Lipinski definition) is 4. The number of amides is 2. The summed E-state index contributed by atoms with van der Waals surface area (Å²) >= 11 is 13.2. The van der Waals surface area contributed by atoms with Crippen molar-refractivity contribution in [2.24, 2.45) is 0 Å². The number of nitrogens with one attached hydrogen (secondary N) is 1. The van der Waals surface area contributed by atoms with Crippen molar-refractivity contribution in [2.75, 3.05) is 17.4 Å². The second kappa shape index (κ2) is 16.3. The minimum Gasteiger partial charge on any atom is -0.354 e. The van der Waals surface area contributed by atoms with Crippen molar-refractivity contribution in [1.29, 1.82) is 0 Å². The van der Waals surface area contributed by atoms with E-state index >= 15 is 0 Å². The Balaban J connectivity index is 1.85. The molecule has 248 valence electrons. The van der Waals surface area contributed by atoms with Gasteiger partial charge in [-0.2, -0.15) is 0 Å². The molecule has 4 rings (SSSR count). The van der Waals surface area contributed by atoms with Crippen molar-refractivity contribution in [1.82, 2.24) is 10.2 Å². The van der Waals surface area contributed by atoms with Gasteiger partial charge >= 0.3 is 0 Å². The molecular formula is C37H41Cl2N3O4S. The third-order valence-electron chi connectivity index (χ3n) is 8.01. The van der Waals surface area contributed by atoms with Crippen LogP contribution < -0.4 is 9.62 Å². The number of halogens is 2. The highest BCUT2D eigenvalue weighted by Gasteiger charge is 2.35. The number of unbranched alkanes of at least 4 members (excludes halogenated alkanes) is 1. The Labute approximate surface area is 288 Å². The topological polar surface area (TPSA) is 86.8 Å². The lowest BCUT2D eigenvalue weighted by atomic mass is 10.0. The Morgan fingerprint density at radius 1 is 0.830 bits per heavy atom. The predicted octanol–water partition coefficient (Wildman–Crippen LogP) is 7.67. The van der Waals surface area contributed by atoms with E-state index in [1.807, 2.05) is 63.2 Å². The van der Waals surface area contributed by atoms with Gasteiger partial charge < -0.3 is 10.2 Å². The number of aryl methyl sites for hydroxylation is 3. The van der Waals surface area contributed by atoms with Gasteiger partial charge in [-0.1, -0.05) is 103 Å². The van der Waals surface area contributed by atoms with Crippen LogP contribution in [-0.4, -0.2) is 44.3 Å². The Hall–Kier alpha value is -3.85. The van der Waals surface area contributed by atoms with E-state index in [4.69, 9.17) is 23.2 Å². The number of nitrogens with zero attached hydrogens (tertiary/aromatic N) is 2. The van der Waals surface area contributed by atoms with Gasteiger partial charge in [0.15, 0.2) is 0 Å². The first kappa shape index (κ1) is 36.0. The van der Waals surface area contributed by atoms with E-state index in [9.17, 15) is 18.0 Å². The molecule has 0 spiro atoms. The molecule has 4 aromatic carbocycles. The normalized spacial score (nSPS) is 12.0. The molecule has 0 aliphatic rings. The molecule has 2 amide bonds. The van der Waals surface area contributed by atoms with Crippen molar-refractivity contribution in [3.05, 3.63) is 129 Å². The molecule has 0 bridgehead atoms. The lowest BCUT2D eigenvalue weighted by molar-refractivity contribution is -0.140. The Morgan fingerprint density at radius 2 is 1.47 bits per heavy atom. The van der Waals surface area contributed by atoms with Crippen LogP contribution in [0.1, 0.15) is 47.6 Å². The van der Waals surface area contributed by atoms with Gasteiger partial charge in [-0.15, -0.1) is 0 Å². The maximum Gasteiger partial charge on any atom is 0.264 e. The Bertz CT molecular complexity index is 1780. The van der Waals surface area contributed by atoms with Crippen LogP contribution in [0, 0.1) is 20.8 Å². The molecule has 7 nitrogen and oxygen atoms in total. The largest absolute Gasteiger partial charge is 0.354 e. The molecule has 1 unspecified atom stereocenters. The molecule has 0 fully saturated rings. The van der Waals surface area contributed by atoms with Gasteiger partial charge in [0.05, 0.1) is 10.6 Å². The molecular weight excluding hydrogens is 653 g/mol. The summed E-state index contributed by atoms with van der Waals surface area (Å²) in [5.74, 6) is -0.928. The molecule has 1 N–H and O–H groups in total. The molecule has 0 aliphatic heterocycles. The molecule has 0 radical (unpaired) electrons. The number of benzene rings is 4. The van der Waals surface area contributed by atoms with Gasteiger partial charge in [0.1, 0.15) is 12.6 Å². The van der Waals surface area contributed by atoms with Gasteiger partial charge in [0.25, 0.3) is 10.0 Å². The smallest absolute Gasteiger partial charge is 0.264 e. The SMILES string of the molecule is CCCCNC(=O)C(Cc1ccccc1)N(Cc1c(Cl)cccc1Cl)C(=O)CN(c1cc(C)ccc1C)S(=O)(=O)c1ccc(C)cc1. The van der Waals surface area contributed by atoms with Crippen molar-refractivity contribution >= 4 is 50.7 Å². The summed E-state index contributed by atoms with van der Waals surface area (Å²) < 4.78 is 29.8. The second-order valence-corrected chi connectivity index (χ2v) is 14.4. The molecule has 0 heterocycles. The third kappa shape index (κ3) is 9.15. The molecule has 0 aliphatic carbocycles. The number of hydrogen-bond donors (Lipinski definition) is 1. The van der Waals surface area contributed by atoms with Crippen LogP contribution >= 0.6 is 23.2 Å².